The Balaban J connectivity index is 2.72. The van der Waals surface area contributed by atoms with Gasteiger partial charge in [-0.05, 0) is 31.0 Å². The Hall–Kier alpha value is -1.02. The lowest BCUT2D eigenvalue weighted by Gasteiger charge is -2.31. The van der Waals surface area contributed by atoms with Crippen molar-refractivity contribution in [1.82, 2.24) is 5.32 Å². The molecule has 102 valence electrons. The first-order valence-corrected chi connectivity index (χ1v) is 7.10. The maximum atomic E-state index is 3.61. The molecule has 0 aliphatic rings. The lowest BCUT2D eigenvalue weighted by atomic mass is 9.98. The van der Waals surface area contributed by atoms with E-state index in [9.17, 15) is 0 Å². The predicted octanol–water partition coefficient (Wildman–Crippen LogP) is 3.46. The number of anilines is 1. The maximum Gasteiger partial charge on any atom is 0.0393 e. The van der Waals surface area contributed by atoms with Gasteiger partial charge >= 0.3 is 0 Å². The predicted molar refractivity (Wildman–Crippen MR) is 81.4 cm³/mol. The Kier molecular flexibility index (Phi) is 6.20. The first kappa shape index (κ1) is 15.0. The van der Waals surface area contributed by atoms with Crippen LogP contribution in [0.4, 0.5) is 5.69 Å². The Bertz CT molecular complexity index is 349. The summed E-state index contributed by atoms with van der Waals surface area (Å²) < 4.78 is 0. The average Bonchev–Trinajstić information content (AvgIpc) is 2.37. The average molecular weight is 248 g/mol. The number of benzene rings is 1. The van der Waals surface area contributed by atoms with Crippen LogP contribution in [0.5, 0.6) is 0 Å². The number of aryl methyl sites for hydroxylation is 1. The third kappa shape index (κ3) is 4.02. The minimum Gasteiger partial charge on any atom is -0.373 e. The van der Waals surface area contributed by atoms with Gasteiger partial charge < -0.3 is 10.2 Å². The van der Waals surface area contributed by atoms with E-state index in [1.54, 1.807) is 0 Å². The third-order valence-corrected chi connectivity index (χ3v) is 3.79. The summed E-state index contributed by atoms with van der Waals surface area (Å²) in [7, 11) is 2.19. The van der Waals surface area contributed by atoms with Gasteiger partial charge in [-0.1, -0.05) is 45.4 Å². The standard InChI is InChI=1S/C16H28N2/c1-6-13(3)15(17-7-2)12-18(5)16-11-9-8-10-14(16)4/h8-11,13,15,17H,6-7,12H2,1-5H3. The Morgan fingerprint density at radius 2 is 1.89 bits per heavy atom. The number of hydrogen-bond donors (Lipinski definition) is 1. The minimum atomic E-state index is 0.560. The van der Waals surface area contributed by atoms with Crippen LogP contribution in [0.3, 0.4) is 0 Å². The van der Waals surface area contributed by atoms with Crippen molar-refractivity contribution >= 4 is 5.69 Å². The maximum absolute atomic E-state index is 3.61. The van der Waals surface area contributed by atoms with E-state index in [2.05, 4.69) is 69.2 Å². The molecule has 1 aromatic rings. The molecule has 0 aromatic heterocycles. The Morgan fingerprint density at radius 3 is 2.44 bits per heavy atom. The van der Waals surface area contributed by atoms with Gasteiger partial charge in [0, 0.05) is 25.3 Å². The van der Waals surface area contributed by atoms with Gasteiger partial charge in [0.25, 0.3) is 0 Å². The molecule has 1 aromatic carbocycles. The molecule has 18 heavy (non-hydrogen) atoms. The summed E-state index contributed by atoms with van der Waals surface area (Å²) in [5, 5.41) is 3.61. The van der Waals surface area contributed by atoms with Crippen LogP contribution in [-0.2, 0) is 0 Å². The second-order valence-electron chi connectivity index (χ2n) is 5.22. The van der Waals surface area contributed by atoms with Gasteiger partial charge in [0.2, 0.25) is 0 Å². The van der Waals surface area contributed by atoms with Crippen molar-refractivity contribution in [2.75, 3.05) is 25.0 Å². The summed E-state index contributed by atoms with van der Waals surface area (Å²) in [6.07, 6.45) is 1.22. The van der Waals surface area contributed by atoms with Gasteiger partial charge in [-0.25, -0.2) is 0 Å². The third-order valence-electron chi connectivity index (χ3n) is 3.79. The highest BCUT2D eigenvalue weighted by Gasteiger charge is 2.17. The van der Waals surface area contributed by atoms with Crippen molar-refractivity contribution in [1.29, 1.82) is 0 Å². The molecule has 0 saturated heterocycles. The number of rotatable bonds is 7. The van der Waals surface area contributed by atoms with Gasteiger partial charge in [0.15, 0.2) is 0 Å². The molecule has 0 bridgehead atoms. The van der Waals surface area contributed by atoms with E-state index in [1.165, 1.54) is 17.7 Å². The quantitative estimate of drug-likeness (QED) is 0.795. The highest BCUT2D eigenvalue weighted by molar-refractivity contribution is 5.52. The van der Waals surface area contributed by atoms with E-state index in [0.717, 1.165) is 13.1 Å². The Labute approximate surface area is 112 Å². The van der Waals surface area contributed by atoms with Crippen molar-refractivity contribution < 1.29 is 0 Å². The lowest BCUT2D eigenvalue weighted by Crippen LogP contribution is -2.43. The molecule has 0 aliphatic heterocycles. The monoisotopic (exact) mass is 248 g/mol. The molecule has 0 fully saturated rings. The molecule has 2 atom stereocenters. The number of nitrogens with zero attached hydrogens (tertiary/aromatic N) is 1. The second kappa shape index (κ2) is 7.42. The summed E-state index contributed by atoms with van der Waals surface area (Å²) in [6.45, 7) is 11.1. The fourth-order valence-corrected chi connectivity index (χ4v) is 2.38. The van der Waals surface area contributed by atoms with Crippen LogP contribution in [0.15, 0.2) is 24.3 Å². The molecule has 0 heterocycles. The topological polar surface area (TPSA) is 15.3 Å². The molecule has 2 unspecified atom stereocenters. The SMILES string of the molecule is CCNC(CN(C)c1ccccc1C)C(C)CC. The molecule has 0 amide bonds. The highest BCUT2D eigenvalue weighted by atomic mass is 15.1. The fourth-order valence-electron chi connectivity index (χ4n) is 2.38. The van der Waals surface area contributed by atoms with Gasteiger partial charge in [0.1, 0.15) is 0 Å². The number of para-hydroxylation sites is 1. The minimum absolute atomic E-state index is 0.560. The van der Waals surface area contributed by atoms with Crippen LogP contribution in [-0.4, -0.2) is 26.2 Å². The van der Waals surface area contributed by atoms with Crippen LogP contribution >= 0.6 is 0 Å². The molecule has 2 heteroatoms. The van der Waals surface area contributed by atoms with Gasteiger partial charge in [-0.3, -0.25) is 0 Å². The molecule has 0 radical (unpaired) electrons. The van der Waals surface area contributed by atoms with E-state index in [-0.39, 0.29) is 0 Å². The molecule has 0 saturated carbocycles. The van der Waals surface area contributed by atoms with Gasteiger partial charge in [0.05, 0.1) is 0 Å². The van der Waals surface area contributed by atoms with Crippen LogP contribution in [0.2, 0.25) is 0 Å². The van der Waals surface area contributed by atoms with Crippen LogP contribution < -0.4 is 10.2 Å². The number of hydrogen-bond acceptors (Lipinski definition) is 2. The summed E-state index contributed by atoms with van der Waals surface area (Å²) in [6, 6.07) is 9.16. The summed E-state index contributed by atoms with van der Waals surface area (Å²) >= 11 is 0. The van der Waals surface area contributed by atoms with Crippen molar-refractivity contribution in [3.05, 3.63) is 29.8 Å². The second-order valence-corrected chi connectivity index (χ2v) is 5.22. The zero-order valence-electron chi connectivity index (χ0n) is 12.5. The molecule has 1 N–H and O–H groups in total. The summed E-state index contributed by atoms with van der Waals surface area (Å²) in [5.41, 5.74) is 2.68. The molecule has 1 rings (SSSR count). The summed E-state index contributed by atoms with van der Waals surface area (Å²) in [4.78, 5) is 2.37. The highest BCUT2D eigenvalue weighted by Crippen LogP contribution is 2.19. The van der Waals surface area contributed by atoms with Gasteiger partial charge in [-0.15, -0.1) is 0 Å². The first-order chi connectivity index (χ1) is 8.60. The lowest BCUT2D eigenvalue weighted by molar-refractivity contribution is 0.376. The van der Waals surface area contributed by atoms with E-state index in [0.29, 0.717) is 12.0 Å². The van der Waals surface area contributed by atoms with Crippen molar-refractivity contribution in [3.63, 3.8) is 0 Å². The molecular formula is C16H28N2. The zero-order valence-corrected chi connectivity index (χ0v) is 12.5. The van der Waals surface area contributed by atoms with E-state index >= 15 is 0 Å². The smallest absolute Gasteiger partial charge is 0.0393 e. The number of nitrogens with one attached hydrogen (secondary N) is 1. The largest absolute Gasteiger partial charge is 0.373 e. The van der Waals surface area contributed by atoms with Crippen molar-refractivity contribution in [2.45, 2.75) is 40.2 Å². The first-order valence-electron chi connectivity index (χ1n) is 7.10. The van der Waals surface area contributed by atoms with E-state index in [4.69, 9.17) is 0 Å². The zero-order chi connectivity index (χ0) is 13.5. The summed E-state index contributed by atoms with van der Waals surface area (Å²) in [5.74, 6) is 0.705. The van der Waals surface area contributed by atoms with Crippen LogP contribution in [0.1, 0.15) is 32.8 Å². The van der Waals surface area contributed by atoms with E-state index < -0.39 is 0 Å². The van der Waals surface area contributed by atoms with Crippen LogP contribution in [0, 0.1) is 12.8 Å². The van der Waals surface area contributed by atoms with Crippen molar-refractivity contribution in [3.8, 4) is 0 Å². The normalized spacial score (nSPS) is 14.3. The molecule has 0 aliphatic carbocycles. The molecular weight excluding hydrogens is 220 g/mol. The fraction of sp³-hybridized carbons (Fsp3) is 0.625. The van der Waals surface area contributed by atoms with Crippen molar-refractivity contribution in [2.24, 2.45) is 5.92 Å². The van der Waals surface area contributed by atoms with Gasteiger partial charge in [-0.2, -0.15) is 0 Å². The van der Waals surface area contributed by atoms with E-state index in [1.807, 2.05) is 0 Å². The number of likely N-dealkylation sites (N-methyl/N-ethyl adjacent to an activating group) is 2. The molecule has 0 spiro atoms. The molecule has 2 nitrogen and oxygen atoms in total. The van der Waals surface area contributed by atoms with Crippen LogP contribution in [0.25, 0.3) is 0 Å². The Morgan fingerprint density at radius 1 is 1.22 bits per heavy atom.